The van der Waals surface area contributed by atoms with E-state index in [1.165, 1.54) is 14.0 Å². The minimum Gasteiger partial charge on any atom is -0.481 e. The van der Waals surface area contributed by atoms with Gasteiger partial charge in [-0.1, -0.05) is 0 Å². The van der Waals surface area contributed by atoms with Crippen molar-refractivity contribution >= 4 is 57.5 Å². The zero-order valence-corrected chi connectivity index (χ0v) is 21.9. The second-order valence-electron chi connectivity index (χ2n) is 5.81. The van der Waals surface area contributed by atoms with Gasteiger partial charge in [-0.2, -0.15) is 0 Å². The van der Waals surface area contributed by atoms with Gasteiger partial charge in [-0.05, 0) is 6.42 Å². The second kappa shape index (κ2) is 21.5. The maximum Gasteiger partial charge on any atom is 0.303 e. The minimum atomic E-state index is -1.15. The Hall–Kier alpha value is -1.69. The van der Waals surface area contributed by atoms with Crippen LogP contribution in [0.4, 0.5) is 0 Å². The van der Waals surface area contributed by atoms with Crippen molar-refractivity contribution in [3.8, 4) is 0 Å². The smallest absolute Gasteiger partial charge is 0.303 e. The first kappa shape index (κ1) is 36.7. The first-order valence-electron chi connectivity index (χ1n) is 8.53. The zero-order chi connectivity index (χ0) is 24.4. The number of carboxylic acid groups (broad SMARTS) is 3. The molecule has 0 spiro atoms. The van der Waals surface area contributed by atoms with E-state index >= 15 is 0 Å². The number of likely N-dealkylation sites (tertiary alicyclic amines) is 1. The van der Waals surface area contributed by atoms with Crippen LogP contribution >= 0.6 is 0 Å². The molecule has 1 aliphatic rings. The number of hydrogen-bond donors (Lipinski definition) is 5. The van der Waals surface area contributed by atoms with Crippen molar-refractivity contribution in [1.82, 2.24) is 4.90 Å². The van der Waals surface area contributed by atoms with Crippen LogP contribution in [0.5, 0.6) is 0 Å². The number of nitrogens with zero attached hydrogens (tertiary/aromatic N) is 1. The molecule has 4 atom stereocenters. The van der Waals surface area contributed by atoms with Gasteiger partial charge in [0.2, 0.25) is 0 Å². The first-order chi connectivity index (χ1) is 13.7. The number of esters is 1. The average molecular weight is 649 g/mol. The van der Waals surface area contributed by atoms with Crippen LogP contribution in [0.1, 0.15) is 34.1 Å². The molecule has 0 bridgehead atoms. The van der Waals surface area contributed by atoms with Gasteiger partial charge in [-0.25, -0.2) is 0 Å². The van der Waals surface area contributed by atoms with E-state index in [-0.39, 0.29) is 33.8 Å². The van der Waals surface area contributed by atoms with Crippen LogP contribution < -0.4 is 0 Å². The molecule has 13 nitrogen and oxygen atoms in total. The molecule has 1 aliphatic heterocycles. The van der Waals surface area contributed by atoms with Crippen LogP contribution in [0.15, 0.2) is 0 Å². The van der Waals surface area contributed by atoms with E-state index in [0.717, 1.165) is 20.8 Å². The van der Waals surface area contributed by atoms with E-state index in [2.05, 4.69) is 0 Å². The van der Waals surface area contributed by atoms with Gasteiger partial charge in [0.25, 0.3) is 17.9 Å². The van der Waals surface area contributed by atoms with Gasteiger partial charge in [0, 0.05) is 75.2 Å². The quantitative estimate of drug-likeness (QED) is 0.0954. The summed E-state index contributed by atoms with van der Waals surface area (Å²) in [5.41, 5.74) is 0. The standard InChI is InChI=1S/C11H19NO6.3C2H4O2.Pb/c1-7(14)18-8(6-13)5-12-4-3-9(15)10(12)11(16)17-2;3*1-2(3)4;/h6,8-11,15-16H,3-5H2,1-2H3;3*1H3,(H,3,4);/t8-,9-,10+,11?;;;;/m0..../s1. The number of hydrogen-bond acceptors (Lipinski definition) is 10. The van der Waals surface area contributed by atoms with Gasteiger partial charge < -0.3 is 35.0 Å². The SMILES string of the molecule is CC(=O)O.CC(=O)O.CC(=O)O.COC(O)[C@H]1[C@@H](O)CCN1C[C@@H](C=O)OC(C)=O.[Pb]. The predicted molar refractivity (Wildman–Crippen MR) is 106 cm³/mol. The van der Waals surface area contributed by atoms with Gasteiger partial charge in [-0.3, -0.25) is 28.9 Å². The Balaban J connectivity index is -0.000000232. The Bertz CT molecular complexity index is 505. The summed E-state index contributed by atoms with van der Waals surface area (Å²) >= 11 is 0. The van der Waals surface area contributed by atoms with Gasteiger partial charge >= 0.3 is 5.97 Å². The summed E-state index contributed by atoms with van der Waals surface area (Å²) in [6, 6.07) is -0.618. The van der Waals surface area contributed by atoms with Crippen molar-refractivity contribution in [1.29, 1.82) is 0 Å². The Kier molecular flexibility index (Phi) is 25.5. The van der Waals surface area contributed by atoms with Crippen molar-refractivity contribution in [2.75, 3.05) is 20.2 Å². The van der Waals surface area contributed by atoms with Crippen molar-refractivity contribution in [2.45, 2.75) is 58.7 Å². The largest absolute Gasteiger partial charge is 0.481 e. The van der Waals surface area contributed by atoms with E-state index in [9.17, 15) is 19.8 Å². The predicted octanol–water partition coefficient (Wildman–Crippen LogP) is -1.59. The fourth-order valence-corrected chi connectivity index (χ4v) is 2.14. The Morgan fingerprint density at radius 2 is 1.42 bits per heavy atom. The maximum atomic E-state index is 10.8. The number of carbonyl (C=O) groups excluding carboxylic acids is 2. The molecule has 0 aromatic heterocycles. The molecule has 1 heterocycles. The van der Waals surface area contributed by atoms with Gasteiger partial charge in [0.05, 0.1) is 12.1 Å². The third kappa shape index (κ3) is 26.3. The number of ether oxygens (including phenoxy) is 2. The maximum absolute atomic E-state index is 10.8. The summed E-state index contributed by atoms with van der Waals surface area (Å²) < 4.78 is 9.59. The number of carbonyl (C=O) groups is 5. The fourth-order valence-electron chi connectivity index (χ4n) is 2.14. The molecule has 0 saturated carbocycles. The third-order valence-electron chi connectivity index (χ3n) is 2.95. The van der Waals surface area contributed by atoms with Crippen LogP contribution in [0.3, 0.4) is 0 Å². The Morgan fingerprint density at radius 3 is 1.71 bits per heavy atom. The van der Waals surface area contributed by atoms with Crippen LogP contribution in [-0.2, 0) is 33.4 Å². The molecule has 4 radical (unpaired) electrons. The molecular weight excluding hydrogens is 617 g/mol. The van der Waals surface area contributed by atoms with Crippen LogP contribution in [0.25, 0.3) is 0 Å². The van der Waals surface area contributed by atoms with E-state index in [4.69, 9.17) is 39.2 Å². The van der Waals surface area contributed by atoms with E-state index in [1.54, 1.807) is 4.90 Å². The van der Waals surface area contributed by atoms with Crippen molar-refractivity contribution in [2.24, 2.45) is 0 Å². The molecule has 0 aliphatic carbocycles. The summed E-state index contributed by atoms with van der Waals surface area (Å²) in [5.74, 6) is -3.05. The van der Waals surface area contributed by atoms with Crippen molar-refractivity contribution < 1.29 is 59.0 Å². The summed E-state index contributed by atoms with van der Waals surface area (Å²) in [6.07, 6.45) is -1.78. The number of aliphatic carboxylic acids is 3. The molecule has 0 aromatic rings. The number of aliphatic hydroxyl groups is 2. The van der Waals surface area contributed by atoms with Crippen LogP contribution in [0.2, 0.25) is 0 Å². The summed E-state index contributed by atoms with van der Waals surface area (Å²) in [7, 11) is 1.33. The molecule has 1 saturated heterocycles. The number of carboxylic acids is 3. The second-order valence-corrected chi connectivity index (χ2v) is 5.81. The fraction of sp³-hybridized carbons (Fsp3) is 0.706. The molecule has 14 heteroatoms. The molecule has 5 N–H and O–H groups in total. The Morgan fingerprint density at radius 1 is 1.03 bits per heavy atom. The normalized spacial score (nSPS) is 18.5. The van der Waals surface area contributed by atoms with E-state index in [1.807, 2.05) is 0 Å². The number of aldehydes is 1. The van der Waals surface area contributed by atoms with Crippen LogP contribution in [0, 0.1) is 0 Å². The summed E-state index contributed by atoms with van der Waals surface area (Å²) in [6.45, 7) is 5.10. The Labute approximate surface area is 200 Å². The van der Waals surface area contributed by atoms with Crippen molar-refractivity contribution in [3.63, 3.8) is 0 Å². The third-order valence-corrected chi connectivity index (χ3v) is 2.95. The number of rotatable bonds is 6. The van der Waals surface area contributed by atoms with Crippen molar-refractivity contribution in [3.05, 3.63) is 0 Å². The summed E-state index contributed by atoms with van der Waals surface area (Å²) in [5, 5.41) is 41.6. The van der Waals surface area contributed by atoms with Gasteiger partial charge in [0.15, 0.2) is 18.7 Å². The topological polar surface area (TPSA) is 208 Å². The molecule has 1 rings (SSSR count). The molecule has 1 unspecified atom stereocenters. The number of methoxy groups -OCH3 is 1. The molecule has 0 aromatic carbocycles. The molecule has 1 fully saturated rings. The monoisotopic (exact) mass is 649 g/mol. The summed E-state index contributed by atoms with van der Waals surface area (Å²) in [4.78, 5) is 50.3. The first-order valence-corrected chi connectivity index (χ1v) is 8.53. The molecular formula is C17H31NO12Pb. The molecule has 0 amide bonds. The van der Waals surface area contributed by atoms with Crippen LogP contribution in [-0.4, -0.2) is 133 Å². The van der Waals surface area contributed by atoms with Gasteiger partial charge in [0.1, 0.15) is 0 Å². The number of aliphatic hydroxyl groups excluding tert-OH is 2. The zero-order valence-electron chi connectivity index (χ0n) is 18.0. The van der Waals surface area contributed by atoms with E-state index < -0.39 is 48.4 Å². The molecule has 31 heavy (non-hydrogen) atoms. The average Bonchev–Trinajstić information content (AvgIpc) is 2.92. The molecule has 180 valence electrons. The van der Waals surface area contributed by atoms with E-state index in [0.29, 0.717) is 19.3 Å². The minimum absolute atomic E-state index is 0. The van der Waals surface area contributed by atoms with Gasteiger partial charge in [-0.15, -0.1) is 0 Å².